The Hall–Kier alpha value is -2.73. The highest BCUT2D eigenvalue weighted by atomic mass is 16.6. The van der Waals surface area contributed by atoms with Crippen molar-refractivity contribution in [1.29, 1.82) is 0 Å². The molecule has 6 heteroatoms. The molecule has 2 aromatic rings. The Morgan fingerprint density at radius 3 is 2.50 bits per heavy atom. The molecule has 1 N–H and O–H groups in total. The number of nitrogens with one attached hydrogen (secondary N) is 1. The lowest BCUT2D eigenvalue weighted by Crippen LogP contribution is -2.40. The maximum atomic E-state index is 12.8. The lowest BCUT2D eigenvalue weighted by Gasteiger charge is -2.32. The summed E-state index contributed by atoms with van der Waals surface area (Å²) in [6.07, 6.45) is 1.77. The molecule has 1 amide bonds. The largest absolute Gasteiger partial charge is 0.497 e. The van der Waals surface area contributed by atoms with Crippen molar-refractivity contribution in [3.63, 3.8) is 0 Å². The lowest BCUT2D eigenvalue weighted by atomic mass is 9.94. The van der Waals surface area contributed by atoms with Gasteiger partial charge in [-0.05, 0) is 68.2 Å². The van der Waals surface area contributed by atoms with Gasteiger partial charge in [-0.15, -0.1) is 0 Å². The zero-order chi connectivity index (χ0) is 20.9. The fourth-order valence-electron chi connectivity index (χ4n) is 4.09. The third-order valence-electron chi connectivity index (χ3n) is 5.95. The molecule has 30 heavy (non-hydrogen) atoms. The second kappa shape index (κ2) is 9.39. The number of hydrogen-bond donors (Lipinski definition) is 1. The molecule has 0 bridgehead atoms. The molecule has 2 aromatic carbocycles. The second-order valence-electron chi connectivity index (χ2n) is 8.03. The van der Waals surface area contributed by atoms with Gasteiger partial charge in [-0.2, -0.15) is 0 Å². The normalized spacial score (nSPS) is 17.9. The molecular weight excluding hydrogens is 380 g/mol. The van der Waals surface area contributed by atoms with Crippen LogP contribution in [0.3, 0.4) is 0 Å². The predicted octanol–water partition coefficient (Wildman–Crippen LogP) is 3.56. The Balaban J connectivity index is 1.26. The van der Waals surface area contributed by atoms with Crippen LogP contribution in [0.1, 0.15) is 36.9 Å². The molecule has 6 nitrogen and oxygen atoms in total. The molecular formula is C24H30N2O4. The number of fused-ring (bicyclic) bond motifs is 1. The summed E-state index contributed by atoms with van der Waals surface area (Å²) in [4.78, 5) is 15.2. The van der Waals surface area contributed by atoms with Gasteiger partial charge in [-0.25, -0.2) is 0 Å². The number of amides is 1. The first kappa shape index (κ1) is 20.5. The van der Waals surface area contributed by atoms with Gasteiger partial charge in [0.1, 0.15) is 19.0 Å². The van der Waals surface area contributed by atoms with Crippen molar-refractivity contribution in [2.45, 2.75) is 32.4 Å². The average molecular weight is 411 g/mol. The molecule has 1 atom stereocenters. The summed E-state index contributed by atoms with van der Waals surface area (Å²) in [5, 5.41) is 3.18. The molecule has 160 valence electrons. The fraction of sp³-hybridized carbons (Fsp3) is 0.458. The minimum Gasteiger partial charge on any atom is -0.497 e. The van der Waals surface area contributed by atoms with Gasteiger partial charge in [-0.1, -0.05) is 18.2 Å². The van der Waals surface area contributed by atoms with E-state index >= 15 is 0 Å². The van der Waals surface area contributed by atoms with Crippen LogP contribution in [0.5, 0.6) is 17.2 Å². The number of hydrogen-bond acceptors (Lipinski definition) is 5. The highest BCUT2D eigenvalue weighted by Crippen LogP contribution is 2.32. The molecule has 0 spiro atoms. The van der Waals surface area contributed by atoms with Gasteiger partial charge in [0.15, 0.2) is 11.5 Å². The predicted molar refractivity (Wildman–Crippen MR) is 115 cm³/mol. The van der Waals surface area contributed by atoms with Gasteiger partial charge < -0.3 is 19.5 Å². The van der Waals surface area contributed by atoms with Gasteiger partial charge in [0.25, 0.3) is 0 Å². The summed E-state index contributed by atoms with van der Waals surface area (Å²) < 4.78 is 16.5. The van der Waals surface area contributed by atoms with Crippen molar-refractivity contribution in [2.24, 2.45) is 5.92 Å². The number of rotatable bonds is 6. The smallest absolute Gasteiger partial charge is 0.223 e. The van der Waals surface area contributed by atoms with E-state index in [0.29, 0.717) is 13.2 Å². The molecule has 2 aliphatic rings. The first-order valence-electron chi connectivity index (χ1n) is 10.7. The highest BCUT2D eigenvalue weighted by Gasteiger charge is 2.26. The van der Waals surface area contributed by atoms with E-state index in [2.05, 4.69) is 22.3 Å². The third kappa shape index (κ3) is 4.87. The average Bonchev–Trinajstić information content (AvgIpc) is 2.79. The molecule has 2 heterocycles. The quantitative estimate of drug-likeness (QED) is 0.789. The Morgan fingerprint density at radius 2 is 1.80 bits per heavy atom. The highest BCUT2D eigenvalue weighted by molar-refractivity contribution is 5.79. The summed E-state index contributed by atoms with van der Waals surface area (Å²) in [5.74, 6) is 2.61. The van der Waals surface area contributed by atoms with Crippen molar-refractivity contribution < 1.29 is 19.0 Å². The van der Waals surface area contributed by atoms with Crippen LogP contribution in [0.2, 0.25) is 0 Å². The van der Waals surface area contributed by atoms with E-state index in [1.807, 2.05) is 37.3 Å². The van der Waals surface area contributed by atoms with Crippen molar-refractivity contribution in [3.05, 3.63) is 53.6 Å². The first-order chi connectivity index (χ1) is 14.6. The van der Waals surface area contributed by atoms with E-state index < -0.39 is 0 Å². The molecule has 0 aliphatic carbocycles. The van der Waals surface area contributed by atoms with Gasteiger partial charge in [0, 0.05) is 12.5 Å². The molecule has 2 aliphatic heterocycles. The molecule has 0 aromatic heterocycles. The molecule has 1 saturated heterocycles. The van der Waals surface area contributed by atoms with Crippen LogP contribution >= 0.6 is 0 Å². The number of carbonyl (C=O) groups is 1. The Kier molecular flexibility index (Phi) is 6.43. The number of benzene rings is 2. The van der Waals surface area contributed by atoms with Gasteiger partial charge in [-0.3, -0.25) is 9.69 Å². The van der Waals surface area contributed by atoms with Crippen LogP contribution in [0.15, 0.2) is 42.5 Å². The summed E-state index contributed by atoms with van der Waals surface area (Å²) in [6, 6.07) is 14.0. The van der Waals surface area contributed by atoms with E-state index in [9.17, 15) is 4.79 Å². The van der Waals surface area contributed by atoms with Gasteiger partial charge in [0.05, 0.1) is 13.2 Å². The summed E-state index contributed by atoms with van der Waals surface area (Å²) in [6.45, 7) is 5.93. The summed E-state index contributed by atoms with van der Waals surface area (Å²) in [5.41, 5.74) is 2.30. The molecule has 4 rings (SSSR count). The maximum Gasteiger partial charge on any atom is 0.223 e. The molecule has 1 fully saturated rings. The third-order valence-corrected chi connectivity index (χ3v) is 5.95. The van der Waals surface area contributed by atoms with Crippen LogP contribution in [-0.4, -0.2) is 44.2 Å². The zero-order valence-corrected chi connectivity index (χ0v) is 17.7. The number of nitrogens with zero attached hydrogens (tertiary/aromatic N) is 1. The van der Waals surface area contributed by atoms with E-state index in [0.717, 1.165) is 55.3 Å². The topological polar surface area (TPSA) is 60.0 Å². The lowest BCUT2D eigenvalue weighted by molar-refractivity contribution is -0.127. The molecule has 0 unspecified atom stereocenters. The SMILES string of the molecule is COc1ccc(CN2CCC(C(=O)N[C@@H](C)c3ccc4c(c3)OCCO4)CC2)cc1. The number of likely N-dealkylation sites (tertiary alicyclic amines) is 1. The van der Waals surface area contributed by atoms with Crippen LogP contribution in [0.4, 0.5) is 0 Å². The number of piperidine rings is 1. The van der Waals surface area contributed by atoms with E-state index in [-0.39, 0.29) is 17.9 Å². The summed E-state index contributed by atoms with van der Waals surface area (Å²) >= 11 is 0. The standard InChI is InChI=1S/C24H30N2O4/c1-17(20-5-8-22-23(15-20)30-14-13-29-22)25-24(27)19-9-11-26(12-10-19)16-18-3-6-21(28-2)7-4-18/h3-8,15,17,19H,9-14,16H2,1-2H3,(H,25,27)/t17-/m0/s1. The van der Waals surface area contributed by atoms with Crippen LogP contribution < -0.4 is 19.5 Å². The Morgan fingerprint density at radius 1 is 1.10 bits per heavy atom. The number of methoxy groups -OCH3 is 1. The van der Waals surface area contributed by atoms with E-state index in [4.69, 9.17) is 14.2 Å². The Bertz CT molecular complexity index is 860. The van der Waals surface area contributed by atoms with Gasteiger partial charge >= 0.3 is 0 Å². The number of carbonyl (C=O) groups excluding carboxylic acids is 1. The summed E-state index contributed by atoms with van der Waals surface area (Å²) in [7, 11) is 1.68. The van der Waals surface area contributed by atoms with E-state index in [1.165, 1.54) is 5.56 Å². The van der Waals surface area contributed by atoms with Crippen LogP contribution in [0, 0.1) is 5.92 Å². The van der Waals surface area contributed by atoms with E-state index in [1.54, 1.807) is 7.11 Å². The molecule has 0 radical (unpaired) electrons. The number of ether oxygens (including phenoxy) is 3. The monoisotopic (exact) mass is 410 g/mol. The van der Waals surface area contributed by atoms with Crippen LogP contribution in [-0.2, 0) is 11.3 Å². The first-order valence-corrected chi connectivity index (χ1v) is 10.7. The van der Waals surface area contributed by atoms with Crippen molar-refractivity contribution in [1.82, 2.24) is 10.2 Å². The van der Waals surface area contributed by atoms with Crippen molar-refractivity contribution in [2.75, 3.05) is 33.4 Å². The minimum absolute atomic E-state index is 0.0642. The van der Waals surface area contributed by atoms with Gasteiger partial charge in [0.2, 0.25) is 5.91 Å². The Labute approximate surface area is 178 Å². The zero-order valence-electron chi connectivity index (χ0n) is 17.7. The second-order valence-corrected chi connectivity index (χ2v) is 8.03. The minimum atomic E-state index is -0.0642. The van der Waals surface area contributed by atoms with Crippen molar-refractivity contribution >= 4 is 5.91 Å². The van der Waals surface area contributed by atoms with Crippen molar-refractivity contribution in [3.8, 4) is 17.2 Å². The molecule has 0 saturated carbocycles. The maximum absolute atomic E-state index is 12.8. The fourth-order valence-corrected chi connectivity index (χ4v) is 4.09. The van der Waals surface area contributed by atoms with Crippen LogP contribution in [0.25, 0.3) is 0 Å².